The Hall–Kier alpha value is -3.48. The van der Waals surface area contributed by atoms with Crippen molar-refractivity contribution in [3.8, 4) is 0 Å². The molecule has 0 aliphatic heterocycles. The predicted molar refractivity (Wildman–Crippen MR) is 76.5 cm³/mol. The summed E-state index contributed by atoms with van der Waals surface area (Å²) in [7, 11) is 1.56. The van der Waals surface area contributed by atoms with Gasteiger partial charge in [-0.3, -0.25) is 10.1 Å². The summed E-state index contributed by atoms with van der Waals surface area (Å²) in [5.41, 5.74) is 0.785. The number of nitro benzene ring substituents is 1. The number of aromatic nitrogens is 2. The maximum absolute atomic E-state index is 11.9. The number of non-ortho nitro benzene ring substituents is 1. The van der Waals surface area contributed by atoms with Gasteiger partial charge in [0.1, 0.15) is 0 Å². The number of diazo groups is 1. The van der Waals surface area contributed by atoms with Crippen LogP contribution in [0.3, 0.4) is 0 Å². The smallest absolute Gasteiger partial charge is 0.451 e. The molecule has 0 unspecified atom stereocenters. The Morgan fingerprint density at radius 1 is 1.45 bits per heavy atom. The van der Waals surface area contributed by atoms with Crippen molar-refractivity contribution in [2.75, 3.05) is 5.32 Å². The molecule has 10 nitrogen and oxygen atoms in total. The molecule has 0 bridgehead atoms. The van der Waals surface area contributed by atoms with Crippen molar-refractivity contribution in [3.63, 3.8) is 0 Å². The highest BCUT2D eigenvalue weighted by molar-refractivity contribution is 5.88. The van der Waals surface area contributed by atoms with Crippen LogP contribution in [0, 0.1) is 22.4 Å². The number of amidine groups is 1. The molecule has 112 valence electrons. The fourth-order valence-corrected chi connectivity index (χ4v) is 1.79. The topological polar surface area (TPSA) is 137 Å². The number of aliphatic imine (C=N–C) groups is 1. The maximum Gasteiger partial charge on any atom is 0.451 e. The van der Waals surface area contributed by atoms with Crippen LogP contribution in [0.4, 0.5) is 22.9 Å². The molecule has 10 heteroatoms. The van der Waals surface area contributed by atoms with Crippen LogP contribution in [-0.4, -0.2) is 20.7 Å². The lowest BCUT2D eigenvalue weighted by atomic mass is 10.3. The van der Waals surface area contributed by atoms with E-state index in [2.05, 4.69) is 20.4 Å². The number of nitrogens with zero attached hydrogens (tertiary/aromatic N) is 6. The fourth-order valence-electron chi connectivity index (χ4n) is 1.79. The van der Waals surface area contributed by atoms with Gasteiger partial charge in [0, 0.05) is 24.9 Å². The van der Waals surface area contributed by atoms with Gasteiger partial charge in [-0.15, -0.1) is 0 Å². The molecule has 0 fully saturated rings. The van der Waals surface area contributed by atoms with Crippen LogP contribution < -0.4 is 10.4 Å². The molecule has 0 saturated carbocycles. The van der Waals surface area contributed by atoms with Crippen LogP contribution in [0.25, 0.3) is 4.98 Å². The van der Waals surface area contributed by atoms with Gasteiger partial charge in [-0.25, -0.2) is 9.67 Å². The van der Waals surface area contributed by atoms with Crippen LogP contribution in [0.1, 0.15) is 5.69 Å². The predicted octanol–water partition coefficient (Wildman–Crippen LogP) is 1.58. The van der Waals surface area contributed by atoms with Gasteiger partial charge in [0.25, 0.3) is 5.69 Å². The van der Waals surface area contributed by atoms with Gasteiger partial charge in [-0.2, -0.15) is 5.10 Å². The number of nitro groups is 1. The van der Waals surface area contributed by atoms with Crippen molar-refractivity contribution >= 4 is 28.9 Å². The Morgan fingerprint density at radius 3 is 2.64 bits per heavy atom. The van der Waals surface area contributed by atoms with Crippen molar-refractivity contribution in [1.29, 1.82) is 5.39 Å². The van der Waals surface area contributed by atoms with Gasteiger partial charge >= 0.3 is 5.69 Å². The molecular formula is C12H11N7O3. The second-order valence-electron chi connectivity index (χ2n) is 4.33. The molecule has 0 amide bonds. The summed E-state index contributed by atoms with van der Waals surface area (Å²) in [6, 6.07) is 4.58. The first-order chi connectivity index (χ1) is 10.4. The Morgan fingerprint density at radius 2 is 2.09 bits per heavy atom. The minimum absolute atomic E-state index is 0.0847. The average Bonchev–Trinajstić information content (AvgIpc) is 2.73. The lowest BCUT2D eigenvalue weighted by molar-refractivity contribution is -0.384. The summed E-state index contributed by atoms with van der Waals surface area (Å²) in [4.78, 5) is 16.8. The van der Waals surface area contributed by atoms with E-state index in [4.69, 9.17) is 5.39 Å². The molecule has 2 aromatic rings. The summed E-state index contributed by atoms with van der Waals surface area (Å²) in [6.45, 7) is 1.61. The number of anilines is 1. The fraction of sp³-hybridized carbons (Fsp3) is 0.167. The first-order valence-corrected chi connectivity index (χ1v) is 6.08. The molecule has 1 aromatic heterocycles. The summed E-state index contributed by atoms with van der Waals surface area (Å²) in [6.07, 6.45) is 0. The zero-order valence-corrected chi connectivity index (χ0v) is 11.7. The third kappa shape index (κ3) is 2.98. The number of hydrogen-bond donors (Lipinski definition) is 1. The number of nitrogens with one attached hydrogen (secondary N) is 1. The zero-order chi connectivity index (χ0) is 16.3. The van der Waals surface area contributed by atoms with E-state index in [1.54, 1.807) is 14.0 Å². The van der Waals surface area contributed by atoms with Gasteiger partial charge < -0.3 is 10.4 Å². The van der Waals surface area contributed by atoms with Gasteiger partial charge in [0.2, 0.25) is 11.2 Å². The highest BCUT2D eigenvalue weighted by Crippen LogP contribution is 2.30. The van der Waals surface area contributed by atoms with Crippen molar-refractivity contribution in [2.24, 2.45) is 12.0 Å². The molecule has 0 aliphatic rings. The highest BCUT2D eigenvalue weighted by Gasteiger charge is 2.24. The minimum Gasteiger partial charge on any atom is -0.846 e. The molecule has 0 atom stereocenters. The highest BCUT2D eigenvalue weighted by atomic mass is 16.6. The Labute approximate surface area is 124 Å². The van der Waals surface area contributed by atoms with Crippen molar-refractivity contribution < 1.29 is 10.0 Å². The van der Waals surface area contributed by atoms with Gasteiger partial charge in [0.05, 0.1) is 10.9 Å². The van der Waals surface area contributed by atoms with E-state index in [0.717, 1.165) is 0 Å². The van der Waals surface area contributed by atoms with Crippen LogP contribution in [0.5, 0.6) is 0 Å². The molecule has 1 N–H and O–H groups in total. The van der Waals surface area contributed by atoms with E-state index in [0.29, 0.717) is 11.4 Å². The van der Waals surface area contributed by atoms with Crippen LogP contribution >= 0.6 is 0 Å². The number of aryl methyl sites for hydroxylation is 2. The second kappa shape index (κ2) is 5.88. The molecule has 2 rings (SSSR count). The van der Waals surface area contributed by atoms with Crippen LogP contribution in [0.2, 0.25) is 0 Å². The third-order valence-corrected chi connectivity index (χ3v) is 2.80. The Bertz CT molecular complexity index is 786. The minimum atomic E-state index is -0.721. The molecule has 0 spiro atoms. The van der Waals surface area contributed by atoms with Crippen molar-refractivity contribution in [3.05, 3.63) is 45.0 Å². The largest absolute Gasteiger partial charge is 0.846 e. The summed E-state index contributed by atoms with van der Waals surface area (Å²) in [5.74, 6) is 0.0967. The molecular weight excluding hydrogens is 290 g/mol. The van der Waals surface area contributed by atoms with Crippen LogP contribution in [0.15, 0.2) is 29.3 Å². The molecule has 1 aromatic carbocycles. The molecule has 0 radical (unpaired) electrons. The third-order valence-electron chi connectivity index (χ3n) is 2.80. The maximum atomic E-state index is 11.9. The second-order valence-corrected chi connectivity index (χ2v) is 4.33. The average molecular weight is 301 g/mol. The number of rotatable bonds is 3. The van der Waals surface area contributed by atoms with Gasteiger partial charge in [-0.05, 0) is 19.1 Å². The summed E-state index contributed by atoms with van der Waals surface area (Å²) >= 11 is 0. The van der Waals surface area contributed by atoms with Gasteiger partial charge in [-0.1, -0.05) is 0 Å². The summed E-state index contributed by atoms with van der Waals surface area (Å²) in [5, 5.41) is 37.7. The van der Waals surface area contributed by atoms with E-state index in [9.17, 15) is 15.2 Å². The lowest BCUT2D eigenvalue weighted by Crippen LogP contribution is -2.26. The van der Waals surface area contributed by atoms with Crippen LogP contribution in [-0.2, 0) is 7.05 Å². The lowest BCUT2D eigenvalue weighted by Gasteiger charge is -2.12. The Kier molecular flexibility index (Phi) is 3.99. The summed E-state index contributed by atoms with van der Waals surface area (Å²) < 4.78 is 1.31. The van der Waals surface area contributed by atoms with E-state index < -0.39 is 10.9 Å². The number of benzene rings is 1. The zero-order valence-electron chi connectivity index (χ0n) is 11.7. The molecule has 0 aliphatic carbocycles. The number of hydrogen-bond acceptors (Lipinski definition) is 6. The SMILES string of the molecule is Cc1nn(C)c(N=C([O-])Nc2ccc([N+](=O)[O-])cc2)c1[N+]#N. The van der Waals surface area contributed by atoms with E-state index >= 15 is 0 Å². The van der Waals surface area contributed by atoms with Crippen molar-refractivity contribution in [2.45, 2.75) is 6.92 Å². The van der Waals surface area contributed by atoms with Gasteiger partial charge in [0.15, 0.2) is 10.7 Å². The van der Waals surface area contributed by atoms with E-state index in [1.807, 2.05) is 0 Å². The molecule has 1 heterocycles. The van der Waals surface area contributed by atoms with Crippen molar-refractivity contribution in [1.82, 2.24) is 9.78 Å². The normalized spacial score (nSPS) is 11.0. The molecule has 22 heavy (non-hydrogen) atoms. The first kappa shape index (κ1) is 14.9. The monoisotopic (exact) mass is 301 g/mol. The standard InChI is InChI=1S/C12H11N7O3/c1-7-10(16-13)11(18(2)17-7)15-12(20)14-8-3-5-9(6-4-8)19(21)22/h3-6H,1-2H3,(H-,14,15,17,20). The molecule has 0 saturated heterocycles. The van der Waals surface area contributed by atoms with E-state index in [-0.39, 0.29) is 17.2 Å². The Balaban J connectivity index is 2.24. The first-order valence-electron chi connectivity index (χ1n) is 6.08. The quantitative estimate of drug-likeness (QED) is 0.300. The van der Waals surface area contributed by atoms with E-state index in [1.165, 1.54) is 28.9 Å².